The first-order chi connectivity index (χ1) is 20.8. The summed E-state index contributed by atoms with van der Waals surface area (Å²) in [5.74, 6) is 0.557. The second-order valence-corrected chi connectivity index (χ2v) is 10.6. The van der Waals surface area contributed by atoms with Crippen molar-refractivity contribution in [1.29, 1.82) is 0 Å². The molecule has 0 atom stereocenters. The first-order valence-electron chi connectivity index (χ1n) is 14.0. The fourth-order valence-corrected chi connectivity index (χ4v) is 6.43. The number of rotatable bonds is 3. The van der Waals surface area contributed by atoms with E-state index in [9.17, 15) is 0 Å². The van der Waals surface area contributed by atoms with Gasteiger partial charge in [0.15, 0.2) is 0 Å². The third kappa shape index (κ3) is 4.01. The maximum absolute atomic E-state index is 5.68. The number of benzene rings is 5. The molecule has 0 spiro atoms. The molecule has 3 aliphatic heterocycles. The third-order valence-corrected chi connectivity index (χ3v) is 8.30. The van der Waals surface area contributed by atoms with E-state index in [1.165, 1.54) is 22.1 Å². The summed E-state index contributed by atoms with van der Waals surface area (Å²) in [5, 5.41) is 0. The zero-order valence-electron chi connectivity index (χ0n) is 22.8. The second-order valence-electron chi connectivity index (χ2n) is 10.6. The van der Waals surface area contributed by atoms with Gasteiger partial charge in [-0.05, 0) is 24.5 Å². The molecule has 4 heterocycles. The Morgan fingerprint density at radius 2 is 1.30 bits per heavy atom. The summed E-state index contributed by atoms with van der Waals surface area (Å²) in [6.45, 7) is 2.06. The summed E-state index contributed by atoms with van der Waals surface area (Å²) in [5.41, 5.74) is 12.2. The fraction of sp³-hybridized carbons (Fsp3) is 0. The molecule has 9 rings (SSSR count). The van der Waals surface area contributed by atoms with Crippen molar-refractivity contribution in [3.8, 4) is 33.7 Å². The molecule has 0 N–H and O–H groups in total. The molecule has 0 unspecified atom stereocenters. The van der Waals surface area contributed by atoms with Gasteiger partial charge in [-0.15, -0.1) is 48.3 Å². The monoisotopic (exact) mass is 732 g/mol. The smallest absolute Gasteiger partial charge is 0.324 e. The van der Waals surface area contributed by atoms with Crippen LogP contribution >= 0.6 is 0 Å². The molecule has 0 amide bonds. The number of oxazole rings is 1. The Morgan fingerprint density at radius 1 is 0.651 bits per heavy atom. The van der Waals surface area contributed by atoms with Gasteiger partial charge in [0.2, 0.25) is 0 Å². The molecule has 5 aromatic carbocycles. The number of hydrogen-bond acceptors (Lipinski definition) is 5. The quantitative estimate of drug-likeness (QED) is 0.149. The van der Waals surface area contributed by atoms with Crippen molar-refractivity contribution in [2.45, 2.75) is 0 Å². The van der Waals surface area contributed by atoms with E-state index in [1.54, 1.807) is 12.5 Å². The average molecular weight is 732 g/mol. The Bertz CT molecular complexity index is 2010. The molecular weight excluding hydrogens is 710 g/mol. The number of aromatic nitrogens is 1. The second kappa shape index (κ2) is 10.2. The number of anilines is 4. The molecule has 3 aliphatic rings. The van der Waals surface area contributed by atoms with Crippen LogP contribution in [-0.2, 0) is 21.1 Å². The summed E-state index contributed by atoms with van der Waals surface area (Å²) >= 11 is 0. The minimum Gasteiger partial charge on any atom is -0.500 e. The van der Waals surface area contributed by atoms with Gasteiger partial charge in [-0.2, -0.15) is 6.07 Å². The van der Waals surface area contributed by atoms with Crippen molar-refractivity contribution < 1.29 is 25.5 Å². The largest absolute Gasteiger partial charge is 0.500 e. The molecule has 0 bridgehead atoms. The van der Waals surface area contributed by atoms with Crippen molar-refractivity contribution in [2.24, 2.45) is 0 Å². The van der Waals surface area contributed by atoms with Gasteiger partial charge in [-0.3, -0.25) is 4.98 Å². The van der Waals surface area contributed by atoms with E-state index in [4.69, 9.17) is 4.42 Å². The average Bonchev–Trinajstić information content (AvgIpc) is 3.78. The van der Waals surface area contributed by atoms with Crippen LogP contribution in [-0.4, -0.2) is 11.8 Å². The Labute approximate surface area is 265 Å². The predicted molar refractivity (Wildman–Crippen MR) is 169 cm³/mol. The van der Waals surface area contributed by atoms with E-state index in [2.05, 4.69) is 142 Å². The Morgan fingerprint density at radius 3 is 2.02 bits per heavy atom. The number of para-hydroxylation sites is 1. The minimum absolute atomic E-state index is 0. The zero-order valence-corrected chi connectivity index (χ0v) is 25.1. The summed E-state index contributed by atoms with van der Waals surface area (Å²) in [7, 11) is 0. The van der Waals surface area contributed by atoms with Gasteiger partial charge < -0.3 is 19.0 Å². The molecular formula is C36H22BN4OPt-3. The van der Waals surface area contributed by atoms with Crippen molar-refractivity contribution in [1.82, 2.24) is 4.98 Å². The van der Waals surface area contributed by atoms with Gasteiger partial charge in [0.1, 0.15) is 5.89 Å². The van der Waals surface area contributed by atoms with Gasteiger partial charge in [-0.25, -0.2) is 0 Å². The minimum atomic E-state index is -0.0288. The maximum atomic E-state index is 5.68. The summed E-state index contributed by atoms with van der Waals surface area (Å²) in [6.07, 6.45) is 7.42. The van der Waals surface area contributed by atoms with Crippen LogP contribution < -0.4 is 25.5 Å². The van der Waals surface area contributed by atoms with Crippen molar-refractivity contribution in [3.05, 3.63) is 147 Å². The zero-order chi connectivity index (χ0) is 27.6. The number of hydrogen-bond donors (Lipinski definition) is 0. The van der Waals surface area contributed by atoms with Crippen molar-refractivity contribution in [3.63, 3.8) is 0 Å². The van der Waals surface area contributed by atoms with Crippen LogP contribution in [0.1, 0.15) is 0 Å². The van der Waals surface area contributed by atoms with Gasteiger partial charge in [0.05, 0.1) is 12.5 Å². The standard InChI is InChI=1S/C36H22BN4O.Pt/c1-2-8-26(9-3-1)39-19-20-40(24-39)27-15-17-31-29-11-5-7-13-33(29)37-32-12-6-4-10-28(32)30-16-14-25(36-38-18-21-42-36)22-34(30)41(37)35(31)23-27;/h1-21,24H;/q-3;. The molecule has 7 heteroatoms. The Kier molecular flexibility index (Phi) is 6.13. The molecule has 43 heavy (non-hydrogen) atoms. The number of nitrogens with zero attached hydrogens (tertiary/aromatic N) is 4. The first-order valence-corrected chi connectivity index (χ1v) is 14.0. The van der Waals surface area contributed by atoms with E-state index in [0.29, 0.717) is 5.89 Å². The first kappa shape index (κ1) is 25.9. The Balaban J connectivity index is 0.00000278. The van der Waals surface area contributed by atoms with Crippen LogP contribution in [0.4, 0.5) is 22.7 Å². The van der Waals surface area contributed by atoms with Gasteiger partial charge in [-0.1, -0.05) is 111 Å². The van der Waals surface area contributed by atoms with Gasteiger partial charge >= 0.3 is 6.85 Å². The Hall–Kier alpha value is -4.80. The van der Waals surface area contributed by atoms with Gasteiger partial charge in [0.25, 0.3) is 0 Å². The van der Waals surface area contributed by atoms with Crippen LogP contribution in [0.3, 0.4) is 0 Å². The molecule has 0 fully saturated rings. The molecule has 208 valence electrons. The fourth-order valence-electron chi connectivity index (χ4n) is 6.43. The van der Waals surface area contributed by atoms with Crippen LogP contribution in [0, 0.1) is 18.8 Å². The van der Waals surface area contributed by atoms with Crippen molar-refractivity contribution >= 4 is 40.5 Å². The topological polar surface area (TPSA) is 35.8 Å². The molecule has 1 aromatic heterocycles. The summed E-state index contributed by atoms with van der Waals surface area (Å²) < 4.78 is 5.68. The van der Waals surface area contributed by atoms with E-state index < -0.39 is 0 Å². The molecule has 6 aromatic rings. The number of fused-ring (bicyclic) bond motifs is 11. The maximum Gasteiger partial charge on any atom is 0.324 e. The predicted octanol–water partition coefficient (Wildman–Crippen LogP) is 6.76. The normalized spacial score (nSPS) is 14.0. The van der Waals surface area contributed by atoms with Crippen molar-refractivity contribution in [2.75, 3.05) is 14.6 Å². The summed E-state index contributed by atoms with van der Waals surface area (Å²) in [6, 6.07) is 43.9. The van der Waals surface area contributed by atoms with E-state index in [1.807, 2.05) is 12.1 Å². The van der Waals surface area contributed by atoms with Crippen LogP contribution in [0.15, 0.2) is 132 Å². The molecule has 0 radical (unpaired) electrons. The third-order valence-electron chi connectivity index (χ3n) is 8.30. The summed E-state index contributed by atoms with van der Waals surface area (Å²) in [4.78, 5) is 11.1. The van der Waals surface area contributed by atoms with Gasteiger partial charge in [0, 0.05) is 26.8 Å². The molecule has 0 aliphatic carbocycles. The van der Waals surface area contributed by atoms with E-state index >= 15 is 0 Å². The molecule has 0 saturated heterocycles. The molecule has 5 nitrogen and oxygen atoms in total. The SMILES string of the molecule is [Pt].[c-]1c(-c2ncco2)ccc2c1N1B(c3ccccc3-2)c2ccccc2-c2ccc(N3C=CN(c4ccccc4)[CH-]3)[c-]c21. The van der Waals surface area contributed by atoms with Crippen LogP contribution in [0.25, 0.3) is 33.7 Å². The molecule has 0 saturated carbocycles. The van der Waals surface area contributed by atoms with E-state index in [-0.39, 0.29) is 27.9 Å². The van der Waals surface area contributed by atoms with Crippen LogP contribution in [0.2, 0.25) is 0 Å². The van der Waals surface area contributed by atoms with E-state index in [0.717, 1.165) is 39.4 Å². The van der Waals surface area contributed by atoms with Crippen LogP contribution in [0.5, 0.6) is 0 Å².